The standard InChI is InChI=1S/C26H25ClFN5O5S/c1-3-19-15-32(8-9-38-19)22-13-29-24-7-4-16(14-33(24)26(22)34)17-10-21(25(37-2)30-12-17)31-39(35,36)23-6-5-18(28)11-20(23)27/h4-7,10-14,19,31H,3,8-9,15H2,1-2H3. The van der Waals surface area contributed by atoms with E-state index in [2.05, 4.69) is 14.7 Å². The molecule has 10 nitrogen and oxygen atoms in total. The first-order chi connectivity index (χ1) is 18.7. The Bertz CT molecular complexity index is 1720. The third-order valence-electron chi connectivity index (χ3n) is 6.42. The van der Waals surface area contributed by atoms with Gasteiger partial charge in [-0.05, 0) is 42.8 Å². The second-order valence-corrected chi connectivity index (χ2v) is 11.0. The quantitative estimate of drug-likeness (QED) is 0.353. The zero-order valence-electron chi connectivity index (χ0n) is 21.1. The molecule has 13 heteroatoms. The van der Waals surface area contributed by atoms with Crippen molar-refractivity contribution in [2.45, 2.75) is 24.3 Å². The molecule has 1 saturated heterocycles. The maximum absolute atomic E-state index is 13.5. The highest BCUT2D eigenvalue weighted by Gasteiger charge is 2.23. The number of pyridine rings is 2. The number of anilines is 2. The van der Waals surface area contributed by atoms with E-state index in [1.165, 1.54) is 23.8 Å². The highest BCUT2D eigenvalue weighted by molar-refractivity contribution is 7.92. The number of aromatic nitrogens is 3. The van der Waals surface area contributed by atoms with Crippen LogP contribution in [0.2, 0.25) is 5.02 Å². The van der Waals surface area contributed by atoms with Gasteiger partial charge >= 0.3 is 0 Å². The Morgan fingerprint density at radius 1 is 1.18 bits per heavy atom. The van der Waals surface area contributed by atoms with Crippen molar-refractivity contribution in [2.24, 2.45) is 0 Å². The Balaban J connectivity index is 1.52. The number of rotatable bonds is 7. The number of ether oxygens (including phenoxy) is 2. The number of hydrogen-bond donors (Lipinski definition) is 1. The van der Waals surface area contributed by atoms with Crippen molar-refractivity contribution >= 4 is 38.6 Å². The van der Waals surface area contributed by atoms with Crippen molar-refractivity contribution in [3.8, 4) is 17.0 Å². The molecule has 5 rings (SSSR count). The fraction of sp³-hybridized carbons (Fsp3) is 0.269. The van der Waals surface area contributed by atoms with Crippen LogP contribution in [0.15, 0.2) is 64.7 Å². The molecule has 4 aromatic rings. The first-order valence-corrected chi connectivity index (χ1v) is 14.0. The van der Waals surface area contributed by atoms with Gasteiger partial charge in [-0.1, -0.05) is 18.5 Å². The van der Waals surface area contributed by atoms with Gasteiger partial charge < -0.3 is 14.4 Å². The van der Waals surface area contributed by atoms with E-state index >= 15 is 0 Å². The monoisotopic (exact) mass is 573 g/mol. The summed E-state index contributed by atoms with van der Waals surface area (Å²) in [7, 11) is -2.86. The molecule has 0 bridgehead atoms. The molecule has 0 aliphatic carbocycles. The van der Waals surface area contributed by atoms with E-state index in [0.29, 0.717) is 42.2 Å². The van der Waals surface area contributed by atoms with Crippen molar-refractivity contribution in [3.05, 3.63) is 76.2 Å². The van der Waals surface area contributed by atoms with Gasteiger partial charge in [-0.15, -0.1) is 0 Å². The van der Waals surface area contributed by atoms with Crippen LogP contribution in [-0.4, -0.2) is 55.7 Å². The second kappa shape index (κ2) is 10.8. The zero-order chi connectivity index (χ0) is 27.7. The van der Waals surface area contributed by atoms with Crippen molar-refractivity contribution in [1.82, 2.24) is 14.4 Å². The molecular formula is C26H25ClFN5O5S. The lowest BCUT2D eigenvalue weighted by Crippen LogP contribution is -2.44. The molecule has 1 aliphatic heterocycles. The van der Waals surface area contributed by atoms with E-state index in [1.807, 2.05) is 11.8 Å². The minimum atomic E-state index is -4.21. The van der Waals surface area contributed by atoms with Gasteiger partial charge in [-0.2, -0.15) is 0 Å². The van der Waals surface area contributed by atoms with Crippen LogP contribution in [0.5, 0.6) is 5.88 Å². The van der Waals surface area contributed by atoms with Crippen LogP contribution in [0, 0.1) is 5.82 Å². The number of methoxy groups -OCH3 is 1. The highest BCUT2D eigenvalue weighted by atomic mass is 35.5. The summed E-state index contributed by atoms with van der Waals surface area (Å²) in [4.78, 5) is 23.8. The predicted octanol–water partition coefficient (Wildman–Crippen LogP) is 3.97. The molecule has 0 saturated carbocycles. The fourth-order valence-corrected chi connectivity index (χ4v) is 5.96. The first kappa shape index (κ1) is 26.9. The molecule has 3 aromatic heterocycles. The molecule has 39 heavy (non-hydrogen) atoms. The summed E-state index contributed by atoms with van der Waals surface area (Å²) in [6.07, 6.45) is 5.59. The number of nitrogens with one attached hydrogen (secondary N) is 1. The van der Waals surface area contributed by atoms with Crippen LogP contribution in [0.1, 0.15) is 13.3 Å². The molecule has 1 aromatic carbocycles. The number of sulfonamides is 1. The van der Waals surface area contributed by atoms with Gasteiger partial charge in [0.2, 0.25) is 5.88 Å². The molecular weight excluding hydrogens is 549 g/mol. The average molecular weight is 574 g/mol. The Hall–Kier alpha value is -3.74. The Morgan fingerprint density at radius 3 is 2.74 bits per heavy atom. The van der Waals surface area contributed by atoms with E-state index in [-0.39, 0.29) is 33.1 Å². The summed E-state index contributed by atoms with van der Waals surface area (Å²) < 4.78 is 54.4. The lowest BCUT2D eigenvalue weighted by molar-refractivity contribution is 0.0383. The molecule has 0 amide bonds. The van der Waals surface area contributed by atoms with Gasteiger partial charge in [-0.25, -0.2) is 22.8 Å². The SMILES string of the molecule is CCC1CN(c2cnc3ccc(-c4cnc(OC)c(NS(=O)(=O)c5ccc(F)cc5Cl)c4)cn3c2=O)CCO1. The molecule has 1 atom stereocenters. The largest absolute Gasteiger partial charge is 0.480 e. The van der Waals surface area contributed by atoms with Crippen molar-refractivity contribution in [1.29, 1.82) is 0 Å². The van der Waals surface area contributed by atoms with Gasteiger partial charge in [0, 0.05) is 36.6 Å². The number of morpholine rings is 1. The molecule has 1 N–H and O–H groups in total. The fourth-order valence-electron chi connectivity index (χ4n) is 4.38. The minimum Gasteiger partial charge on any atom is -0.480 e. The van der Waals surface area contributed by atoms with E-state index < -0.39 is 15.8 Å². The number of fused-ring (bicyclic) bond motifs is 1. The molecule has 204 valence electrons. The van der Waals surface area contributed by atoms with E-state index in [9.17, 15) is 17.6 Å². The van der Waals surface area contributed by atoms with Gasteiger partial charge in [0.25, 0.3) is 15.6 Å². The summed E-state index contributed by atoms with van der Waals surface area (Å²) in [5, 5.41) is -0.270. The summed E-state index contributed by atoms with van der Waals surface area (Å²) >= 11 is 5.98. The van der Waals surface area contributed by atoms with Crippen LogP contribution < -0.4 is 19.9 Å². The van der Waals surface area contributed by atoms with Gasteiger partial charge in [0.15, 0.2) is 0 Å². The first-order valence-electron chi connectivity index (χ1n) is 12.1. The number of nitrogens with zero attached hydrogens (tertiary/aromatic N) is 4. The Kier molecular flexibility index (Phi) is 7.43. The summed E-state index contributed by atoms with van der Waals surface area (Å²) in [5.41, 5.74) is 1.84. The van der Waals surface area contributed by atoms with Crippen LogP contribution in [0.25, 0.3) is 16.8 Å². The summed E-state index contributed by atoms with van der Waals surface area (Å²) in [5.74, 6) is -0.650. The van der Waals surface area contributed by atoms with Gasteiger partial charge in [0.1, 0.15) is 27.7 Å². The van der Waals surface area contributed by atoms with Crippen LogP contribution >= 0.6 is 11.6 Å². The van der Waals surface area contributed by atoms with E-state index in [4.69, 9.17) is 21.1 Å². The average Bonchev–Trinajstić information content (AvgIpc) is 2.92. The molecule has 1 aliphatic rings. The van der Waals surface area contributed by atoms with Gasteiger partial charge in [0.05, 0.1) is 31.0 Å². The molecule has 4 heterocycles. The normalized spacial score (nSPS) is 15.9. The van der Waals surface area contributed by atoms with Crippen LogP contribution in [-0.2, 0) is 14.8 Å². The number of halogens is 2. The predicted molar refractivity (Wildman–Crippen MR) is 146 cm³/mol. The Morgan fingerprint density at radius 2 is 2.00 bits per heavy atom. The maximum Gasteiger partial charge on any atom is 0.281 e. The Labute approximate surface area is 229 Å². The smallest absolute Gasteiger partial charge is 0.281 e. The lowest BCUT2D eigenvalue weighted by atomic mass is 10.1. The minimum absolute atomic E-state index is 0.0141. The third kappa shape index (κ3) is 5.40. The summed E-state index contributed by atoms with van der Waals surface area (Å²) in [6, 6.07) is 7.96. The lowest BCUT2D eigenvalue weighted by Gasteiger charge is -2.33. The van der Waals surface area contributed by atoms with Crippen molar-refractivity contribution < 1.29 is 22.3 Å². The van der Waals surface area contributed by atoms with Crippen molar-refractivity contribution in [2.75, 3.05) is 36.4 Å². The number of hydrogen-bond acceptors (Lipinski definition) is 8. The van der Waals surface area contributed by atoms with Crippen molar-refractivity contribution in [3.63, 3.8) is 0 Å². The highest BCUT2D eigenvalue weighted by Crippen LogP contribution is 2.32. The molecule has 1 unspecified atom stereocenters. The third-order valence-corrected chi connectivity index (χ3v) is 8.27. The van der Waals surface area contributed by atoms with E-state index in [1.54, 1.807) is 24.5 Å². The second-order valence-electron chi connectivity index (χ2n) is 8.90. The van der Waals surface area contributed by atoms with Crippen LogP contribution in [0.4, 0.5) is 15.8 Å². The van der Waals surface area contributed by atoms with E-state index in [0.717, 1.165) is 24.6 Å². The summed E-state index contributed by atoms with van der Waals surface area (Å²) in [6.45, 7) is 3.75. The van der Waals surface area contributed by atoms with Gasteiger partial charge in [-0.3, -0.25) is 13.9 Å². The topological polar surface area (TPSA) is 115 Å². The van der Waals surface area contributed by atoms with Crippen LogP contribution in [0.3, 0.4) is 0 Å². The molecule has 0 radical (unpaired) electrons. The molecule has 0 spiro atoms. The maximum atomic E-state index is 13.5. The molecule has 1 fully saturated rings. The number of benzene rings is 1. The zero-order valence-corrected chi connectivity index (χ0v) is 22.7.